The second-order valence-electron chi connectivity index (χ2n) is 5.47. The highest BCUT2D eigenvalue weighted by atomic mass is 16.5. The molecule has 0 saturated heterocycles. The number of carboxylic acid groups (broad SMARTS) is 1. The Morgan fingerprint density at radius 3 is 2.48 bits per heavy atom. The molecule has 0 bridgehead atoms. The van der Waals surface area contributed by atoms with Gasteiger partial charge in [-0.05, 0) is 12.8 Å². The van der Waals surface area contributed by atoms with Crippen LogP contribution in [0.5, 0.6) is 0 Å². The normalized spacial score (nSPS) is 23.1. The molecule has 21 heavy (non-hydrogen) atoms. The van der Waals surface area contributed by atoms with Crippen molar-refractivity contribution in [3.8, 4) is 0 Å². The maximum Gasteiger partial charge on any atom is 0.308 e. The lowest BCUT2D eigenvalue weighted by atomic mass is 9.86. The summed E-state index contributed by atoms with van der Waals surface area (Å²) in [6, 6.07) is -0.255. The van der Waals surface area contributed by atoms with E-state index < -0.39 is 11.9 Å². The van der Waals surface area contributed by atoms with Crippen molar-refractivity contribution in [3.63, 3.8) is 0 Å². The average molecular weight is 301 g/mol. The molecule has 1 rings (SSSR count). The molecule has 2 unspecified atom stereocenters. The molecule has 122 valence electrons. The molecule has 1 amide bonds. The molecular weight excluding hydrogens is 274 g/mol. The van der Waals surface area contributed by atoms with E-state index in [1.165, 1.54) is 0 Å². The first-order chi connectivity index (χ1) is 10.1. The maximum atomic E-state index is 11.9. The number of rotatable bonds is 8. The van der Waals surface area contributed by atoms with Crippen LogP contribution in [0.1, 0.15) is 44.9 Å². The molecule has 2 N–H and O–H groups in total. The lowest BCUT2D eigenvalue weighted by molar-refractivity contribution is -0.143. The highest BCUT2D eigenvalue weighted by Crippen LogP contribution is 2.23. The van der Waals surface area contributed by atoms with Crippen LogP contribution in [0.25, 0.3) is 0 Å². The SMILES string of the molecule is COCCOCCC(=O)NC1CCCCCCC1C(=O)O. The van der Waals surface area contributed by atoms with Crippen molar-refractivity contribution >= 4 is 11.9 Å². The van der Waals surface area contributed by atoms with E-state index in [1.807, 2.05) is 0 Å². The fraction of sp³-hybridized carbons (Fsp3) is 0.867. The minimum atomic E-state index is -0.807. The number of carbonyl (C=O) groups is 2. The van der Waals surface area contributed by atoms with Crippen LogP contribution < -0.4 is 5.32 Å². The van der Waals surface area contributed by atoms with E-state index in [1.54, 1.807) is 7.11 Å². The Morgan fingerprint density at radius 1 is 1.10 bits per heavy atom. The van der Waals surface area contributed by atoms with Crippen LogP contribution in [-0.4, -0.2) is 50.0 Å². The molecule has 1 saturated carbocycles. The second kappa shape index (κ2) is 10.6. The highest BCUT2D eigenvalue weighted by Gasteiger charge is 2.29. The third-order valence-electron chi connectivity index (χ3n) is 3.83. The third-order valence-corrected chi connectivity index (χ3v) is 3.83. The molecule has 6 heteroatoms. The third kappa shape index (κ3) is 7.43. The van der Waals surface area contributed by atoms with Crippen molar-refractivity contribution in [1.29, 1.82) is 0 Å². The number of methoxy groups -OCH3 is 1. The van der Waals surface area contributed by atoms with Gasteiger partial charge in [0.05, 0.1) is 25.7 Å². The van der Waals surface area contributed by atoms with Gasteiger partial charge in [-0.25, -0.2) is 0 Å². The fourth-order valence-electron chi connectivity index (χ4n) is 2.64. The van der Waals surface area contributed by atoms with Crippen LogP contribution in [-0.2, 0) is 19.1 Å². The van der Waals surface area contributed by atoms with E-state index in [0.717, 1.165) is 32.1 Å². The van der Waals surface area contributed by atoms with Crippen LogP contribution >= 0.6 is 0 Å². The summed E-state index contributed by atoms with van der Waals surface area (Å²) < 4.78 is 10.1. The van der Waals surface area contributed by atoms with Crippen molar-refractivity contribution < 1.29 is 24.2 Å². The lowest BCUT2D eigenvalue weighted by Gasteiger charge is -2.27. The quantitative estimate of drug-likeness (QED) is 0.665. The largest absolute Gasteiger partial charge is 0.481 e. The Kier molecular flexibility index (Phi) is 9.01. The van der Waals surface area contributed by atoms with Crippen molar-refractivity contribution in [3.05, 3.63) is 0 Å². The van der Waals surface area contributed by atoms with Gasteiger partial charge in [0.2, 0.25) is 5.91 Å². The standard InChI is InChI=1S/C15H27NO5/c1-20-10-11-21-9-8-14(17)16-13-7-5-3-2-4-6-12(13)15(18)19/h12-13H,2-11H2,1H3,(H,16,17)(H,18,19). The summed E-state index contributed by atoms with van der Waals surface area (Å²) in [6.07, 6.45) is 5.73. The Morgan fingerprint density at radius 2 is 1.81 bits per heavy atom. The van der Waals surface area contributed by atoms with Crippen LogP contribution in [0.4, 0.5) is 0 Å². The zero-order valence-electron chi connectivity index (χ0n) is 12.8. The first-order valence-corrected chi connectivity index (χ1v) is 7.74. The molecule has 0 aromatic rings. The monoisotopic (exact) mass is 301 g/mol. The van der Waals surface area contributed by atoms with Gasteiger partial charge in [0.15, 0.2) is 0 Å². The van der Waals surface area contributed by atoms with Gasteiger partial charge in [-0.3, -0.25) is 9.59 Å². The summed E-state index contributed by atoms with van der Waals surface area (Å²) in [5.74, 6) is -1.41. The molecule has 0 aromatic heterocycles. The molecule has 0 radical (unpaired) electrons. The number of amides is 1. The van der Waals surface area contributed by atoms with E-state index in [2.05, 4.69) is 5.32 Å². The van der Waals surface area contributed by atoms with Crippen molar-refractivity contribution in [2.45, 2.75) is 51.0 Å². The Labute approximate surface area is 126 Å². The number of aliphatic carboxylic acids is 1. The Bertz CT molecular complexity index is 321. The van der Waals surface area contributed by atoms with E-state index in [4.69, 9.17) is 9.47 Å². The van der Waals surface area contributed by atoms with E-state index >= 15 is 0 Å². The molecule has 1 fully saturated rings. The smallest absolute Gasteiger partial charge is 0.308 e. The van der Waals surface area contributed by atoms with Crippen molar-refractivity contribution in [2.75, 3.05) is 26.9 Å². The molecular formula is C15H27NO5. The van der Waals surface area contributed by atoms with Gasteiger partial charge in [-0.15, -0.1) is 0 Å². The minimum Gasteiger partial charge on any atom is -0.481 e. The summed E-state index contributed by atoms with van der Waals surface area (Å²) in [6.45, 7) is 1.30. The molecule has 1 aliphatic carbocycles. The van der Waals surface area contributed by atoms with E-state index in [0.29, 0.717) is 26.2 Å². The van der Waals surface area contributed by atoms with Gasteiger partial charge in [0, 0.05) is 19.6 Å². The summed E-state index contributed by atoms with van der Waals surface area (Å²) in [5.41, 5.74) is 0. The number of hydrogen-bond acceptors (Lipinski definition) is 4. The molecule has 0 aliphatic heterocycles. The Hall–Kier alpha value is -1.14. The molecule has 6 nitrogen and oxygen atoms in total. The predicted molar refractivity (Wildman–Crippen MR) is 78.1 cm³/mol. The zero-order valence-corrected chi connectivity index (χ0v) is 12.8. The van der Waals surface area contributed by atoms with Gasteiger partial charge < -0.3 is 19.9 Å². The number of carboxylic acids is 1. The second-order valence-corrected chi connectivity index (χ2v) is 5.47. The van der Waals surface area contributed by atoms with Crippen LogP contribution in [0.15, 0.2) is 0 Å². The summed E-state index contributed by atoms with van der Waals surface area (Å²) in [7, 11) is 1.59. The van der Waals surface area contributed by atoms with Crippen LogP contribution in [0.2, 0.25) is 0 Å². The highest BCUT2D eigenvalue weighted by molar-refractivity contribution is 5.78. The first-order valence-electron chi connectivity index (χ1n) is 7.74. The summed E-state index contributed by atoms with van der Waals surface area (Å²) in [4.78, 5) is 23.2. The number of hydrogen-bond donors (Lipinski definition) is 2. The molecule has 0 spiro atoms. The van der Waals surface area contributed by atoms with Crippen molar-refractivity contribution in [1.82, 2.24) is 5.32 Å². The summed E-state index contributed by atoms with van der Waals surface area (Å²) >= 11 is 0. The number of nitrogens with one attached hydrogen (secondary N) is 1. The van der Waals surface area contributed by atoms with Gasteiger partial charge in [-0.2, -0.15) is 0 Å². The van der Waals surface area contributed by atoms with E-state index in [9.17, 15) is 14.7 Å². The number of ether oxygens (including phenoxy) is 2. The van der Waals surface area contributed by atoms with Crippen LogP contribution in [0.3, 0.4) is 0 Å². The average Bonchev–Trinajstić information content (AvgIpc) is 2.41. The van der Waals surface area contributed by atoms with Gasteiger partial charge in [0.1, 0.15) is 0 Å². The summed E-state index contributed by atoms with van der Waals surface area (Å²) in [5, 5.41) is 12.2. The van der Waals surface area contributed by atoms with E-state index in [-0.39, 0.29) is 18.4 Å². The molecule has 1 aliphatic rings. The van der Waals surface area contributed by atoms with Crippen molar-refractivity contribution in [2.24, 2.45) is 5.92 Å². The van der Waals surface area contributed by atoms with Gasteiger partial charge in [-0.1, -0.05) is 25.7 Å². The maximum absolute atomic E-state index is 11.9. The predicted octanol–water partition coefficient (Wildman–Crippen LogP) is 1.58. The number of carbonyl (C=O) groups excluding carboxylic acids is 1. The van der Waals surface area contributed by atoms with Crippen LogP contribution in [0, 0.1) is 5.92 Å². The fourth-order valence-corrected chi connectivity index (χ4v) is 2.64. The molecule has 0 heterocycles. The lowest BCUT2D eigenvalue weighted by Crippen LogP contribution is -2.44. The van der Waals surface area contributed by atoms with Gasteiger partial charge >= 0.3 is 5.97 Å². The van der Waals surface area contributed by atoms with Gasteiger partial charge in [0.25, 0.3) is 0 Å². The first kappa shape index (κ1) is 17.9. The minimum absolute atomic E-state index is 0.135. The Balaban J connectivity index is 2.36. The molecule has 0 aromatic carbocycles. The molecule has 2 atom stereocenters. The topological polar surface area (TPSA) is 84.9 Å². The zero-order chi connectivity index (χ0) is 15.5.